The molecule has 2 aromatic carbocycles. The maximum absolute atomic E-state index is 12.6. The van der Waals surface area contributed by atoms with Gasteiger partial charge in [0.25, 0.3) is 11.1 Å². The zero-order chi connectivity index (χ0) is 17.3. The molecule has 1 fully saturated rings. The van der Waals surface area contributed by atoms with Gasteiger partial charge < -0.3 is 9.84 Å². The number of nitrogens with zero attached hydrogens (tertiary/aromatic N) is 1. The molecule has 1 N–H and O–H groups in total. The molecule has 1 heterocycles. The van der Waals surface area contributed by atoms with Crippen molar-refractivity contribution >= 4 is 50.6 Å². The van der Waals surface area contributed by atoms with Crippen molar-refractivity contribution in [3.63, 3.8) is 0 Å². The van der Waals surface area contributed by atoms with Crippen molar-refractivity contribution < 1.29 is 19.4 Å². The third kappa shape index (κ3) is 3.05. The summed E-state index contributed by atoms with van der Waals surface area (Å²) in [4.78, 5) is 26.2. The topological polar surface area (TPSA) is 66.8 Å². The maximum Gasteiger partial charge on any atom is 0.298 e. The number of rotatable bonds is 3. The van der Waals surface area contributed by atoms with Crippen molar-refractivity contribution in [2.75, 3.05) is 12.0 Å². The van der Waals surface area contributed by atoms with Crippen LogP contribution in [-0.4, -0.2) is 23.4 Å². The number of halogens is 1. The fraction of sp³-hybridized carbons (Fsp3) is 0.0588. The van der Waals surface area contributed by atoms with Crippen molar-refractivity contribution in [1.29, 1.82) is 0 Å². The number of para-hydroxylation sites is 1. The molecule has 3 rings (SSSR count). The van der Waals surface area contributed by atoms with E-state index in [1.807, 2.05) is 6.07 Å². The van der Waals surface area contributed by atoms with Crippen molar-refractivity contribution in [2.24, 2.45) is 0 Å². The highest BCUT2D eigenvalue weighted by Crippen LogP contribution is 2.38. The molecule has 1 saturated heterocycles. The van der Waals surface area contributed by atoms with Crippen LogP contribution in [0.2, 0.25) is 0 Å². The number of imide groups is 1. The fourth-order valence-corrected chi connectivity index (χ4v) is 3.52. The van der Waals surface area contributed by atoms with E-state index in [4.69, 9.17) is 4.74 Å². The number of carbonyl (C=O) groups is 2. The highest BCUT2D eigenvalue weighted by atomic mass is 79.9. The van der Waals surface area contributed by atoms with Crippen LogP contribution in [0, 0.1) is 0 Å². The van der Waals surface area contributed by atoms with Crippen LogP contribution in [0.15, 0.2) is 51.8 Å². The normalized spacial score (nSPS) is 16.1. The summed E-state index contributed by atoms with van der Waals surface area (Å²) < 4.78 is 5.66. The van der Waals surface area contributed by atoms with Crippen LogP contribution in [0.4, 0.5) is 10.5 Å². The van der Waals surface area contributed by atoms with E-state index in [0.717, 1.165) is 16.7 Å². The summed E-state index contributed by atoms with van der Waals surface area (Å²) in [6.45, 7) is 0. The quantitative estimate of drug-likeness (QED) is 0.766. The Morgan fingerprint density at radius 2 is 1.92 bits per heavy atom. The Kier molecular flexibility index (Phi) is 4.64. The summed E-state index contributed by atoms with van der Waals surface area (Å²) in [7, 11) is 1.44. The van der Waals surface area contributed by atoms with E-state index in [9.17, 15) is 14.7 Å². The molecule has 0 spiro atoms. The van der Waals surface area contributed by atoms with Crippen molar-refractivity contribution in [3.8, 4) is 11.5 Å². The third-order valence-corrected chi connectivity index (χ3v) is 4.95. The molecular weight excluding hydrogens is 394 g/mol. The van der Waals surface area contributed by atoms with Crippen LogP contribution < -0.4 is 9.64 Å². The zero-order valence-electron chi connectivity index (χ0n) is 12.5. The van der Waals surface area contributed by atoms with Gasteiger partial charge >= 0.3 is 0 Å². The predicted octanol–water partition coefficient (Wildman–Crippen LogP) is 4.40. The van der Waals surface area contributed by atoms with Gasteiger partial charge in [0.2, 0.25) is 0 Å². The lowest BCUT2D eigenvalue weighted by Gasteiger charge is -2.11. The Morgan fingerprint density at radius 3 is 2.58 bits per heavy atom. The van der Waals surface area contributed by atoms with E-state index in [2.05, 4.69) is 15.9 Å². The van der Waals surface area contributed by atoms with E-state index in [-0.39, 0.29) is 22.6 Å². The summed E-state index contributed by atoms with van der Waals surface area (Å²) in [5, 5.41) is 9.40. The van der Waals surface area contributed by atoms with Crippen LogP contribution in [-0.2, 0) is 4.79 Å². The molecule has 0 atom stereocenters. The largest absolute Gasteiger partial charge is 0.504 e. The van der Waals surface area contributed by atoms with E-state index in [1.54, 1.807) is 36.4 Å². The van der Waals surface area contributed by atoms with Crippen LogP contribution in [0.5, 0.6) is 11.5 Å². The van der Waals surface area contributed by atoms with Crippen LogP contribution in [0.3, 0.4) is 0 Å². The third-order valence-electron chi connectivity index (χ3n) is 3.39. The SMILES string of the molecule is COc1cc(/C=C2\SC(=O)N(c3ccccc3)C2=O)c(Br)cc1O. The first kappa shape index (κ1) is 16.6. The average molecular weight is 406 g/mol. The molecule has 2 aromatic rings. The van der Waals surface area contributed by atoms with Gasteiger partial charge in [0, 0.05) is 4.47 Å². The Hall–Kier alpha value is -2.25. The number of hydrogen-bond acceptors (Lipinski definition) is 5. The average Bonchev–Trinajstić information content (AvgIpc) is 2.84. The number of aromatic hydroxyl groups is 1. The van der Waals surface area contributed by atoms with Crippen molar-refractivity contribution in [2.45, 2.75) is 0 Å². The minimum atomic E-state index is -0.379. The number of ether oxygens (including phenoxy) is 1. The molecule has 0 radical (unpaired) electrons. The number of phenols is 1. The predicted molar refractivity (Wildman–Crippen MR) is 97.3 cm³/mol. The molecule has 24 heavy (non-hydrogen) atoms. The summed E-state index contributed by atoms with van der Waals surface area (Å²) >= 11 is 4.21. The van der Waals surface area contributed by atoms with Crippen molar-refractivity contribution in [1.82, 2.24) is 0 Å². The van der Waals surface area contributed by atoms with Crippen molar-refractivity contribution in [3.05, 3.63) is 57.4 Å². The second-order valence-electron chi connectivity index (χ2n) is 4.90. The zero-order valence-corrected chi connectivity index (χ0v) is 14.9. The fourth-order valence-electron chi connectivity index (χ4n) is 2.24. The van der Waals surface area contributed by atoms with Gasteiger partial charge in [-0.3, -0.25) is 9.59 Å². The van der Waals surface area contributed by atoms with Crippen LogP contribution >= 0.6 is 27.7 Å². The van der Waals surface area contributed by atoms with Gasteiger partial charge in [-0.1, -0.05) is 34.1 Å². The summed E-state index contributed by atoms with van der Waals surface area (Å²) in [5.41, 5.74) is 1.16. The molecule has 0 aliphatic carbocycles. The Morgan fingerprint density at radius 1 is 1.21 bits per heavy atom. The Bertz CT molecular complexity index is 851. The molecule has 2 amide bonds. The number of amides is 2. The van der Waals surface area contributed by atoms with Gasteiger partial charge in [0.1, 0.15) is 0 Å². The first-order valence-electron chi connectivity index (χ1n) is 6.91. The number of hydrogen-bond donors (Lipinski definition) is 1. The summed E-state index contributed by atoms with van der Waals surface area (Å²) in [5.74, 6) is -0.110. The molecule has 122 valence electrons. The molecular formula is C17H12BrNO4S. The number of benzene rings is 2. The molecule has 1 aliphatic rings. The van der Waals surface area contributed by atoms with E-state index in [1.165, 1.54) is 13.2 Å². The van der Waals surface area contributed by atoms with Crippen LogP contribution in [0.1, 0.15) is 5.56 Å². The van der Waals surface area contributed by atoms with E-state index >= 15 is 0 Å². The molecule has 0 saturated carbocycles. The number of anilines is 1. The molecule has 7 heteroatoms. The van der Waals surface area contributed by atoms with Crippen LogP contribution in [0.25, 0.3) is 6.08 Å². The molecule has 1 aliphatic heterocycles. The lowest BCUT2D eigenvalue weighted by Crippen LogP contribution is -2.27. The number of carbonyl (C=O) groups excluding carboxylic acids is 2. The Labute approximate surface area is 151 Å². The van der Waals surface area contributed by atoms with Gasteiger partial charge in [-0.15, -0.1) is 0 Å². The smallest absolute Gasteiger partial charge is 0.298 e. The first-order valence-corrected chi connectivity index (χ1v) is 8.51. The lowest BCUT2D eigenvalue weighted by molar-refractivity contribution is -0.113. The van der Waals surface area contributed by atoms with Gasteiger partial charge in [-0.25, -0.2) is 4.90 Å². The summed E-state index contributed by atoms with van der Waals surface area (Å²) in [6.07, 6.45) is 1.60. The Balaban J connectivity index is 1.98. The van der Waals surface area contributed by atoms with Gasteiger partial charge in [-0.2, -0.15) is 0 Å². The minimum Gasteiger partial charge on any atom is -0.504 e. The highest BCUT2D eigenvalue weighted by Gasteiger charge is 2.36. The first-order chi connectivity index (χ1) is 11.5. The highest BCUT2D eigenvalue weighted by molar-refractivity contribution is 9.10. The molecule has 0 aromatic heterocycles. The maximum atomic E-state index is 12.6. The number of thioether (sulfide) groups is 1. The molecule has 0 bridgehead atoms. The van der Waals surface area contributed by atoms with Gasteiger partial charge in [-0.05, 0) is 47.7 Å². The standard InChI is InChI=1S/C17H12BrNO4S/c1-23-14-7-10(12(18)9-13(14)20)8-15-16(21)19(17(22)24-15)11-5-3-2-4-6-11/h2-9,20H,1H3/b15-8-. The summed E-state index contributed by atoms with van der Waals surface area (Å²) in [6, 6.07) is 11.8. The van der Waals surface area contributed by atoms with Gasteiger partial charge in [0.05, 0.1) is 17.7 Å². The minimum absolute atomic E-state index is 0.0149. The monoisotopic (exact) mass is 405 g/mol. The number of phenolic OH excluding ortho intramolecular Hbond substituents is 1. The second-order valence-corrected chi connectivity index (χ2v) is 6.75. The molecule has 5 nitrogen and oxygen atoms in total. The molecule has 0 unspecified atom stereocenters. The second kappa shape index (κ2) is 6.70. The lowest BCUT2D eigenvalue weighted by atomic mass is 10.2. The number of methoxy groups -OCH3 is 1. The van der Waals surface area contributed by atoms with E-state index in [0.29, 0.717) is 20.6 Å². The van der Waals surface area contributed by atoms with E-state index < -0.39 is 0 Å². The van der Waals surface area contributed by atoms with Gasteiger partial charge in [0.15, 0.2) is 11.5 Å².